The summed E-state index contributed by atoms with van der Waals surface area (Å²) < 4.78 is 0. The Hall–Kier alpha value is -3.85. The van der Waals surface area contributed by atoms with Gasteiger partial charge in [0.2, 0.25) is 0 Å². The normalized spacial score (nSPS) is 14.0. The highest BCUT2D eigenvalue weighted by Crippen LogP contribution is 2.30. The molecule has 30 heavy (non-hydrogen) atoms. The zero-order chi connectivity index (χ0) is 20.7. The zero-order valence-corrected chi connectivity index (χ0v) is 16.0. The summed E-state index contributed by atoms with van der Waals surface area (Å²) >= 11 is 0. The molecule has 0 fully saturated rings. The van der Waals surface area contributed by atoms with Crippen LogP contribution < -0.4 is 5.56 Å². The Morgan fingerprint density at radius 1 is 1.23 bits per heavy atom. The molecule has 0 spiro atoms. The molecule has 150 valence electrons. The van der Waals surface area contributed by atoms with Gasteiger partial charge >= 0.3 is 0 Å². The van der Waals surface area contributed by atoms with E-state index in [4.69, 9.17) is 0 Å². The highest BCUT2D eigenvalue weighted by atomic mass is 16.6. The third-order valence-corrected chi connectivity index (χ3v) is 5.44. The van der Waals surface area contributed by atoms with Gasteiger partial charge in [-0.1, -0.05) is 6.07 Å². The molecule has 1 aliphatic heterocycles. The van der Waals surface area contributed by atoms with Gasteiger partial charge < -0.3 is 9.97 Å². The number of nitrogens with one attached hydrogen (secondary N) is 2. The van der Waals surface area contributed by atoms with Crippen molar-refractivity contribution < 1.29 is 4.92 Å². The summed E-state index contributed by atoms with van der Waals surface area (Å²) in [5, 5.41) is 12.1. The standard InChI is InChI=1S/C21H18N6O3/c28-21-15-12-26(8-6-16(15)24-20(25-21)13-3-2-7-22-9-13)11-14-10-23-17-4-1-5-18(19(14)17)27(29)30/h1-5,7,9-10,23H,6,8,11-12H2,(H,24,25,28). The first-order valence-corrected chi connectivity index (χ1v) is 9.58. The molecule has 5 rings (SSSR count). The first kappa shape index (κ1) is 18.2. The average molecular weight is 402 g/mol. The summed E-state index contributed by atoms with van der Waals surface area (Å²) in [6.45, 7) is 1.66. The van der Waals surface area contributed by atoms with Crippen LogP contribution in [0.4, 0.5) is 5.69 Å². The van der Waals surface area contributed by atoms with Crippen LogP contribution in [0.1, 0.15) is 16.8 Å². The zero-order valence-electron chi connectivity index (χ0n) is 16.0. The number of pyridine rings is 1. The topological polar surface area (TPSA) is 121 Å². The van der Waals surface area contributed by atoms with Gasteiger partial charge in [-0.2, -0.15) is 0 Å². The lowest BCUT2D eigenvalue weighted by Gasteiger charge is -2.27. The molecule has 4 aromatic rings. The van der Waals surface area contributed by atoms with Crippen molar-refractivity contribution in [3.63, 3.8) is 0 Å². The lowest BCUT2D eigenvalue weighted by molar-refractivity contribution is -0.383. The summed E-state index contributed by atoms with van der Waals surface area (Å²) in [6, 6.07) is 8.67. The molecule has 1 aromatic carbocycles. The number of benzene rings is 1. The van der Waals surface area contributed by atoms with E-state index in [2.05, 4.69) is 24.8 Å². The van der Waals surface area contributed by atoms with Crippen molar-refractivity contribution in [1.82, 2.24) is 24.8 Å². The highest BCUT2D eigenvalue weighted by Gasteiger charge is 2.24. The molecule has 0 unspecified atom stereocenters. The van der Waals surface area contributed by atoms with Gasteiger partial charge in [-0.15, -0.1) is 0 Å². The molecule has 9 nitrogen and oxygen atoms in total. The van der Waals surface area contributed by atoms with Crippen LogP contribution in [0.3, 0.4) is 0 Å². The number of non-ortho nitro benzene ring substituents is 1. The number of aromatic nitrogens is 4. The molecule has 0 bridgehead atoms. The Bertz CT molecular complexity index is 1310. The summed E-state index contributed by atoms with van der Waals surface area (Å²) in [6.07, 6.45) is 5.79. The van der Waals surface area contributed by atoms with E-state index in [9.17, 15) is 14.9 Å². The number of hydrogen-bond donors (Lipinski definition) is 2. The summed E-state index contributed by atoms with van der Waals surface area (Å²) in [5.41, 5.74) is 3.71. The second-order valence-corrected chi connectivity index (χ2v) is 7.31. The van der Waals surface area contributed by atoms with Crippen molar-refractivity contribution in [3.8, 4) is 11.4 Å². The molecule has 0 saturated heterocycles. The van der Waals surface area contributed by atoms with E-state index >= 15 is 0 Å². The van der Waals surface area contributed by atoms with Crippen LogP contribution in [0.25, 0.3) is 22.3 Å². The quantitative estimate of drug-likeness (QED) is 0.400. The van der Waals surface area contributed by atoms with E-state index in [0.29, 0.717) is 42.8 Å². The lowest BCUT2D eigenvalue weighted by atomic mass is 10.0. The van der Waals surface area contributed by atoms with Crippen molar-refractivity contribution in [2.75, 3.05) is 6.54 Å². The summed E-state index contributed by atoms with van der Waals surface area (Å²) in [7, 11) is 0. The second-order valence-electron chi connectivity index (χ2n) is 7.31. The van der Waals surface area contributed by atoms with Crippen LogP contribution in [0, 0.1) is 10.1 Å². The third-order valence-electron chi connectivity index (χ3n) is 5.44. The Balaban J connectivity index is 1.44. The number of hydrogen-bond acceptors (Lipinski definition) is 6. The van der Waals surface area contributed by atoms with Gasteiger partial charge in [0.05, 0.1) is 27.1 Å². The molecular weight excluding hydrogens is 384 g/mol. The molecule has 0 amide bonds. The van der Waals surface area contributed by atoms with Crippen molar-refractivity contribution in [1.29, 1.82) is 0 Å². The average Bonchev–Trinajstić information content (AvgIpc) is 3.17. The molecule has 0 atom stereocenters. The molecule has 0 aliphatic carbocycles. The SMILES string of the molecule is O=c1[nH]c(-c2cccnc2)nc2c1CN(Cc1c[nH]c3cccc([N+](=O)[O-])c13)CC2. The van der Waals surface area contributed by atoms with Gasteiger partial charge in [0.15, 0.2) is 0 Å². The molecule has 3 aromatic heterocycles. The molecule has 0 radical (unpaired) electrons. The van der Waals surface area contributed by atoms with Crippen molar-refractivity contribution in [2.24, 2.45) is 0 Å². The maximum absolute atomic E-state index is 12.7. The van der Waals surface area contributed by atoms with E-state index in [1.165, 1.54) is 6.07 Å². The van der Waals surface area contributed by atoms with Crippen LogP contribution in [0.2, 0.25) is 0 Å². The van der Waals surface area contributed by atoms with Crippen LogP contribution in [-0.2, 0) is 19.5 Å². The number of fused-ring (bicyclic) bond motifs is 2. The minimum atomic E-state index is -0.361. The fourth-order valence-corrected chi connectivity index (χ4v) is 4.01. The van der Waals surface area contributed by atoms with Crippen molar-refractivity contribution in [2.45, 2.75) is 19.5 Å². The highest BCUT2D eigenvalue weighted by molar-refractivity contribution is 5.91. The molecule has 4 heterocycles. The Morgan fingerprint density at radius 2 is 2.13 bits per heavy atom. The predicted octanol–water partition coefficient (Wildman–Crippen LogP) is 2.78. The summed E-state index contributed by atoms with van der Waals surface area (Å²) in [5.74, 6) is 0.521. The number of rotatable bonds is 4. The van der Waals surface area contributed by atoms with Gasteiger partial charge in [0.1, 0.15) is 5.82 Å². The Labute approximate surface area is 170 Å². The van der Waals surface area contributed by atoms with Gasteiger partial charge in [-0.3, -0.25) is 24.8 Å². The van der Waals surface area contributed by atoms with Crippen LogP contribution >= 0.6 is 0 Å². The smallest absolute Gasteiger partial charge is 0.279 e. The summed E-state index contributed by atoms with van der Waals surface area (Å²) in [4.78, 5) is 40.6. The second kappa shape index (κ2) is 7.20. The lowest BCUT2D eigenvalue weighted by Crippen LogP contribution is -2.35. The predicted molar refractivity (Wildman–Crippen MR) is 111 cm³/mol. The number of nitro groups is 1. The van der Waals surface area contributed by atoms with Gasteiger partial charge in [-0.25, -0.2) is 4.98 Å². The van der Waals surface area contributed by atoms with E-state index < -0.39 is 0 Å². The fourth-order valence-electron chi connectivity index (χ4n) is 4.01. The van der Waals surface area contributed by atoms with Crippen LogP contribution in [-0.4, -0.2) is 36.3 Å². The van der Waals surface area contributed by atoms with Crippen LogP contribution in [0.5, 0.6) is 0 Å². The Kier molecular flexibility index (Phi) is 4.36. The van der Waals surface area contributed by atoms with Gasteiger partial charge in [-0.05, 0) is 23.8 Å². The minimum Gasteiger partial charge on any atom is -0.361 e. The van der Waals surface area contributed by atoms with Gasteiger partial charge in [0.25, 0.3) is 11.2 Å². The molecule has 0 saturated carbocycles. The number of aromatic amines is 2. The van der Waals surface area contributed by atoms with E-state index in [-0.39, 0.29) is 16.2 Å². The van der Waals surface area contributed by atoms with Crippen molar-refractivity contribution in [3.05, 3.63) is 86.2 Å². The molecule has 1 aliphatic rings. The fraction of sp³-hybridized carbons (Fsp3) is 0.190. The molecule has 9 heteroatoms. The first-order chi connectivity index (χ1) is 14.6. The maximum atomic E-state index is 12.7. The number of H-pyrrole nitrogens is 2. The Morgan fingerprint density at radius 3 is 2.93 bits per heavy atom. The van der Waals surface area contributed by atoms with Crippen molar-refractivity contribution >= 4 is 16.6 Å². The monoisotopic (exact) mass is 402 g/mol. The van der Waals surface area contributed by atoms with Gasteiger partial charge in [0, 0.05) is 56.3 Å². The van der Waals surface area contributed by atoms with E-state index in [1.807, 2.05) is 12.1 Å². The molecular formula is C21H18N6O3. The number of nitrogens with zero attached hydrogens (tertiary/aromatic N) is 4. The van der Waals surface area contributed by atoms with E-state index in [0.717, 1.165) is 22.3 Å². The third kappa shape index (κ3) is 3.15. The first-order valence-electron chi connectivity index (χ1n) is 9.58. The maximum Gasteiger partial charge on any atom is 0.279 e. The molecule has 2 N–H and O–H groups in total. The van der Waals surface area contributed by atoms with Crippen LogP contribution in [0.15, 0.2) is 53.7 Å². The van der Waals surface area contributed by atoms with E-state index in [1.54, 1.807) is 30.7 Å². The minimum absolute atomic E-state index is 0.0850. The number of nitro benzene ring substituents is 1. The largest absolute Gasteiger partial charge is 0.361 e.